The van der Waals surface area contributed by atoms with Crippen LogP contribution in [0.1, 0.15) is 37.8 Å². The zero-order valence-corrected chi connectivity index (χ0v) is 13.6. The molecule has 1 aliphatic rings. The van der Waals surface area contributed by atoms with E-state index < -0.39 is 0 Å². The second-order valence-corrected chi connectivity index (χ2v) is 6.10. The molecule has 2 N–H and O–H groups in total. The van der Waals surface area contributed by atoms with Crippen molar-refractivity contribution in [2.75, 3.05) is 14.2 Å². The highest BCUT2D eigenvalue weighted by Gasteiger charge is 2.49. The summed E-state index contributed by atoms with van der Waals surface area (Å²) in [5.74, 6) is 1.60. The third-order valence-electron chi connectivity index (χ3n) is 4.25. The summed E-state index contributed by atoms with van der Waals surface area (Å²) in [5, 5.41) is 0. The van der Waals surface area contributed by atoms with E-state index in [1.54, 1.807) is 14.2 Å². The summed E-state index contributed by atoms with van der Waals surface area (Å²) < 4.78 is 12.0. The minimum atomic E-state index is 0.118. The maximum atomic E-state index is 6.21. The quantitative estimate of drug-likeness (QED) is 0.901. The monoisotopic (exact) mass is 327 g/mol. The minimum absolute atomic E-state index is 0.118. The lowest BCUT2D eigenvalue weighted by Crippen LogP contribution is -2.32. The Balaban J connectivity index is 2.65. The lowest BCUT2D eigenvalue weighted by atomic mass is 9.84. The van der Waals surface area contributed by atoms with E-state index in [2.05, 4.69) is 35.8 Å². The van der Waals surface area contributed by atoms with Gasteiger partial charge in [0.2, 0.25) is 0 Å². The van der Waals surface area contributed by atoms with E-state index in [9.17, 15) is 0 Å². The summed E-state index contributed by atoms with van der Waals surface area (Å²) in [7, 11) is 3.36. The first-order valence-electron chi connectivity index (χ1n) is 6.71. The average Bonchev–Trinajstić information content (AvgIpc) is 3.18. The number of ether oxygens (including phenoxy) is 2. The zero-order valence-electron chi connectivity index (χ0n) is 12.0. The molecule has 0 heterocycles. The molecule has 1 aliphatic carbocycles. The van der Waals surface area contributed by atoms with Gasteiger partial charge >= 0.3 is 0 Å². The number of methoxy groups -OCH3 is 2. The zero-order chi connectivity index (χ0) is 14.2. The van der Waals surface area contributed by atoms with Crippen LogP contribution in [-0.4, -0.2) is 20.3 Å². The Kier molecular flexibility index (Phi) is 4.11. The second kappa shape index (κ2) is 5.33. The number of halogens is 1. The van der Waals surface area contributed by atoms with Gasteiger partial charge in [-0.2, -0.15) is 0 Å². The maximum absolute atomic E-state index is 6.21. The van der Waals surface area contributed by atoms with Gasteiger partial charge in [0.15, 0.2) is 11.5 Å². The molecule has 1 unspecified atom stereocenters. The molecule has 3 nitrogen and oxygen atoms in total. The Morgan fingerprint density at radius 3 is 2.26 bits per heavy atom. The van der Waals surface area contributed by atoms with Crippen molar-refractivity contribution in [3.05, 3.63) is 21.7 Å². The summed E-state index contributed by atoms with van der Waals surface area (Å²) in [6.07, 6.45) is 3.22. The Hall–Kier alpha value is -0.740. The van der Waals surface area contributed by atoms with Gasteiger partial charge in [-0.1, -0.05) is 6.92 Å². The molecule has 19 heavy (non-hydrogen) atoms. The Bertz CT molecular complexity index is 482. The topological polar surface area (TPSA) is 44.5 Å². The first kappa shape index (κ1) is 14.7. The molecule has 0 aliphatic heterocycles. The second-order valence-electron chi connectivity index (χ2n) is 5.25. The Morgan fingerprint density at radius 2 is 1.89 bits per heavy atom. The van der Waals surface area contributed by atoms with Crippen LogP contribution in [-0.2, 0) is 11.8 Å². The van der Waals surface area contributed by atoms with E-state index in [1.807, 2.05) is 0 Å². The van der Waals surface area contributed by atoms with E-state index in [4.69, 9.17) is 15.2 Å². The molecule has 0 spiro atoms. The van der Waals surface area contributed by atoms with Crippen molar-refractivity contribution >= 4 is 15.9 Å². The van der Waals surface area contributed by atoms with Crippen molar-refractivity contribution in [1.82, 2.24) is 0 Å². The molecule has 1 saturated carbocycles. The van der Waals surface area contributed by atoms with Crippen molar-refractivity contribution < 1.29 is 9.47 Å². The number of benzene rings is 1. The Labute approximate surface area is 123 Å². The standard InChI is InChI=1S/C15H22BrNO2/c1-5-10-11(15(6-7-15)9(2)17)8-12(16)14(19-4)13(10)18-3/h8-9H,5-7,17H2,1-4H3. The lowest BCUT2D eigenvalue weighted by molar-refractivity contribution is 0.348. The fourth-order valence-electron chi connectivity index (χ4n) is 2.95. The van der Waals surface area contributed by atoms with E-state index in [0.717, 1.165) is 35.2 Å². The fraction of sp³-hybridized carbons (Fsp3) is 0.600. The molecule has 0 aromatic heterocycles. The number of hydrogen-bond donors (Lipinski definition) is 1. The van der Waals surface area contributed by atoms with Crippen LogP contribution in [0, 0.1) is 0 Å². The van der Waals surface area contributed by atoms with Crippen LogP contribution in [0.3, 0.4) is 0 Å². The molecular formula is C15H22BrNO2. The van der Waals surface area contributed by atoms with Crippen molar-refractivity contribution in [2.45, 2.75) is 44.6 Å². The third-order valence-corrected chi connectivity index (χ3v) is 4.84. The summed E-state index contributed by atoms with van der Waals surface area (Å²) in [6, 6.07) is 2.32. The van der Waals surface area contributed by atoms with Gasteiger partial charge in [-0.25, -0.2) is 0 Å². The van der Waals surface area contributed by atoms with Gasteiger partial charge in [0.1, 0.15) is 0 Å². The van der Waals surface area contributed by atoms with Crippen molar-refractivity contribution in [3.8, 4) is 11.5 Å². The molecule has 1 aromatic rings. The number of nitrogens with two attached hydrogens (primary N) is 1. The van der Waals surface area contributed by atoms with Gasteiger partial charge in [-0.3, -0.25) is 0 Å². The average molecular weight is 328 g/mol. The molecular weight excluding hydrogens is 306 g/mol. The van der Waals surface area contributed by atoms with Gasteiger partial charge in [-0.05, 0) is 53.7 Å². The number of rotatable bonds is 5. The molecule has 1 atom stereocenters. The van der Waals surface area contributed by atoms with Crippen molar-refractivity contribution in [1.29, 1.82) is 0 Å². The number of hydrogen-bond acceptors (Lipinski definition) is 3. The van der Waals surface area contributed by atoms with Gasteiger partial charge in [-0.15, -0.1) is 0 Å². The van der Waals surface area contributed by atoms with Crippen LogP contribution in [0.25, 0.3) is 0 Å². The molecule has 0 radical (unpaired) electrons. The van der Waals surface area contributed by atoms with Crippen LogP contribution in [0.4, 0.5) is 0 Å². The van der Waals surface area contributed by atoms with Crippen LogP contribution in [0.5, 0.6) is 11.5 Å². The highest BCUT2D eigenvalue weighted by atomic mass is 79.9. The van der Waals surface area contributed by atoms with Crippen LogP contribution >= 0.6 is 15.9 Å². The summed E-state index contributed by atoms with van der Waals surface area (Å²) >= 11 is 3.59. The lowest BCUT2D eigenvalue weighted by Gasteiger charge is -2.26. The molecule has 0 bridgehead atoms. The molecule has 0 saturated heterocycles. The fourth-order valence-corrected chi connectivity index (χ4v) is 3.52. The van der Waals surface area contributed by atoms with Crippen LogP contribution in [0.15, 0.2) is 10.5 Å². The first-order valence-corrected chi connectivity index (χ1v) is 7.50. The molecule has 0 amide bonds. The smallest absolute Gasteiger partial charge is 0.175 e. The maximum Gasteiger partial charge on any atom is 0.175 e. The van der Waals surface area contributed by atoms with E-state index in [1.165, 1.54) is 11.1 Å². The van der Waals surface area contributed by atoms with Gasteiger partial charge in [0.05, 0.1) is 18.7 Å². The summed E-state index contributed by atoms with van der Waals surface area (Å²) in [4.78, 5) is 0. The molecule has 2 rings (SSSR count). The van der Waals surface area contributed by atoms with Gasteiger partial charge in [0.25, 0.3) is 0 Å². The SMILES string of the molecule is CCc1c(C2(C(C)N)CC2)cc(Br)c(OC)c1OC. The molecule has 1 aromatic carbocycles. The molecule has 4 heteroatoms. The largest absolute Gasteiger partial charge is 0.493 e. The van der Waals surface area contributed by atoms with Crippen molar-refractivity contribution in [3.63, 3.8) is 0 Å². The normalized spacial score (nSPS) is 18.0. The predicted molar refractivity (Wildman–Crippen MR) is 81.2 cm³/mol. The van der Waals surface area contributed by atoms with Crippen molar-refractivity contribution in [2.24, 2.45) is 5.73 Å². The predicted octanol–water partition coefficient (Wildman–Crippen LogP) is 3.41. The van der Waals surface area contributed by atoms with Gasteiger partial charge < -0.3 is 15.2 Å². The summed E-state index contributed by atoms with van der Waals surface area (Å²) in [6.45, 7) is 4.24. The minimum Gasteiger partial charge on any atom is -0.493 e. The van der Waals surface area contributed by atoms with Crippen LogP contribution in [0.2, 0.25) is 0 Å². The van der Waals surface area contributed by atoms with Gasteiger partial charge in [0, 0.05) is 17.0 Å². The van der Waals surface area contributed by atoms with Crippen LogP contribution < -0.4 is 15.2 Å². The molecule has 106 valence electrons. The Morgan fingerprint density at radius 1 is 1.32 bits per heavy atom. The van der Waals surface area contributed by atoms with E-state index >= 15 is 0 Å². The molecule has 1 fully saturated rings. The van der Waals surface area contributed by atoms with E-state index in [-0.39, 0.29) is 11.5 Å². The highest BCUT2D eigenvalue weighted by Crippen LogP contribution is 2.55. The highest BCUT2D eigenvalue weighted by molar-refractivity contribution is 9.10. The third kappa shape index (κ3) is 2.25. The first-order chi connectivity index (χ1) is 9.01. The summed E-state index contributed by atoms with van der Waals surface area (Å²) in [5.41, 5.74) is 8.87. The van der Waals surface area contributed by atoms with E-state index in [0.29, 0.717) is 0 Å².